The van der Waals surface area contributed by atoms with E-state index in [1.807, 2.05) is 17.5 Å². The number of benzene rings is 1. The molecule has 1 aliphatic rings. The van der Waals surface area contributed by atoms with Gasteiger partial charge in [0.15, 0.2) is 0 Å². The number of hydrogen-bond acceptors (Lipinski definition) is 6. The van der Waals surface area contributed by atoms with Crippen molar-refractivity contribution >= 4 is 22.8 Å². The molecular formula is C26H30N6O2S. The van der Waals surface area contributed by atoms with E-state index in [-0.39, 0.29) is 18.0 Å². The fraction of sp³-hybridized carbons (Fsp3) is 0.385. The molecule has 1 aromatic carbocycles. The molecule has 0 spiro atoms. The van der Waals surface area contributed by atoms with Crippen LogP contribution in [-0.4, -0.2) is 56.4 Å². The SMILES string of the molecule is O=C(Cn1ncn2nc(-c3cccs3)cc2c1=O)NCCCN1CCC(Cc2ccccc2)CC1. The van der Waals surface area contributed by atoms with Crippen LogP contribution in [0.2, 0.25) is 0 Å². The molecule has 1 fully saturated rings. The summed E-state index contributed by atoms with van der Waals surface area (Å²) < 4.78 is 2.66. The number of fused-ring (bicyclic) bond motifs is 1. The average Bonchev–Trinajstić information content (AvgIpc) is 3.56. The molecule has 0 aliphatic carbocycles. The average molecular weight is 491 g/mol. The topological polar surface area (TPSA) is 84.5 Å². The molecule has 3 aromatic heterocycles. The van der Waals surface area contributed by atoms with Gasteiger partial charge in [-0.3, -0.25) is 9.59 Å². The van der Waals surface area contributed by atoms with E-state index < -0.39 is 0 Å². The highest BCUT2D eigenvalue weighted by molar-refractivity contribution is 7.13. The number of amides is 1. The maximum Gasteiger partial charge on any atom is 0.293 e. The number of aromatic nitrogens is 4. The number of thiophene rings is 1. The summed E-state index contributed by atoms with van der Waals surface area (Å²) in [6, 6.07) is 16.4. The zero-order chi connectivity index (χ0) is 24.0. The Labute approximate surface area is 208 Å². The second-order valence-corrected chi connectivity index (χ2v) is 10.1. The standard InChI is InChI=1S/C26H30N6O2S/c33-25(18-31-26(34)23-17-22(24-8-4-15-35-24)29-32(23)19-28-31)27-11-5-12-30-13-9-21(10-14-30)16-20-6-2-1-3-7-20/h1-4,6-8,15,17,19,21H,5,9-14,16,18H2,(H,27,33). The number of nitrogens with one attached hydrogen (secondary N) is 1. The van der Waals surface area contributed by atoms with Gasteiger partial charge in [0, 0.05) is 6.54 Å². The molecule has 5 rings (SSSR count). The van der Waals surface area contributed by atoms with E-state index >= 15 is 0 Å². The van der Waals surface area contributed by atoms with Gasteiger partial charge in [-0.25, -0.2) is 9.20 Å². The number of rotatable bonds is 9. The summed E-state index contributed by atoms with van der Waals surface area (Å²) >= 11 is 1.56. The molecule has 35 heavy (non-hydrogen) atoms. The maximum atomic E-state index is 12.8. The van der Waals surface area contributed by atoms with Gasteiger partial charge in [0.1, 0.15) is 24.1 Å². The van der Waals surface area contributed by atoms with Crippen molar-refractivity contribution in [1.29, 1.82) is 0 Å². The minimum absolute atomic E-state index is 0.0975. The van der Waals surface area contributed by atoms with E-state index in [2.05, 4.69) is 50.7 Å². The van der Waals surface area contributed by atoms with Gasteiger partial charge in [0.05, 0.1) is 4.88 Å². The van der Waals surface area contributed by atoms with Crippen LogP contribution in [0.4, 0.5) is 0 Å². The molecule has 9 heteroatoms. The van der Waals surface area contributed by atoms with Gasteiger partial charge in [-0.15, -0.1) is 11.3 Å². The lowest BCUT2D eigenvalue weighted by atomic mass is 9.90. The van der Waals surface area contributed by atoms with Crippen molar-refractivity contribution in [2.45, 2.75) is 32.2 Å². The summed E-state index contributed by atoms with van der Waals surface area (Å²) in [5.74, 6) is 0.553. The summed E-state index contributed by atoms with van der Waals surface area (Å²) in [6.45, 7) is 3.70. The third kappa shape index (κ3) is 5.86. The Morgan fingerprint density at radius 2 is 1.94 bits per heavy atom. The van der Waals surface area contributed by atoms with Crippen molar-refractivity contribution in [3.05, 3.63) is 76.2 Å². The zero-order valence-electron chi connectivity index (χ0n) is 19.7. The molecule has 0 bridgehead atoms. The molecule has 1 N–H and O–H groups in total. The lowest BCUT2D eigenvalue weighted by molar-refractivity contribution is -0.121. The van der Waals surface area contributed by atoms with Gasteiger partial charge in [-0.1, -0.05) is 36.4 Å². The van der Waals surface area contributed by atoms with Crippen molar-refractivity contribution in [2.75, 3.05) is 26.2 Å². The Hall–Kier alpha value is -3.30. The summed E-state index contributed by atoms with van der Waals surface area (Å²) in [5, 5.41) is 13.4. The van der Waals surface area contributed by atoms with Crippen molar-refractivity contribution in [3.8, 4) is 10.6 Å². The molecule has 1 aliphatic heterocycles. The molecule has 8 nitrogen and oxygen atoms in total. The molecule has 0 saturated carbocycles. The summed E-state index contributed by atoms with van der Waals surface area (Å²) in [4.78, 5) is 28.7. The fourth-order valence-corrected chi connectivity index (χ4v) is 5.36. The highest BCUT2D eigenvalue weighted by Crippen LogP contribution is 2.23. The minimum Gasteiger partial charge on any atom is -0.354 e. The molecule has 182 valence electrons. The van der Waals surface area contributed by atoms with Gasteiger partial charge in [0.2, 0.25) is 5.91 Å². The van der Waals surface area contributed by atoms with E-state index in [9.17, 15) is 9.59 Å². The molecule has 4 heterocycles. The number of carbonyl (C=O) groups excluding carboxylic acids is 1. The van der Waals surface area contributed by atoms with E-state index in [1.165, 1.54) is 40.4 Å². The van der Waals surface area contributed by atoms with E-state index in [0.717, 1.165) is 42.5 Å². The first-order valence-electron chi connectivity index (χ1n) is 12.2. The highest BCUT2D eigenvalue weighted by Gasteiger charge is 2.19. The molecule has 1 saturated heterocycles. The van der Waals surface area contributed by atoms with Crippen LogP contribution in [0.1, 0.15) is 24.8 Å². The number of nitrogens with zero attached hydrogens (tertiary/aromatic N) is 5. The molecule has 4 aromatic rings. The normalized spacial score (nSPS) is 15.0. The van der Waals surface area contributed by atoms with Crippen LogP contribution in [0.25, 0.3) is 16.1 Å². The maximum absolute atomic E-state index is 12.8. The van der Waals surface area contributed by atoms with Crippen molar-refractivity contribution in [2.24, 2.45) is 5.92 Å². The van der Waals surface area contributed by atoms with Gasteiger partial charge in [-0.2, -0.15) is 10.2 Å². The van der Waals surface area contributed by atoms with Gasteiger partial charge >= 0.3 is 0 Å². The van der Waals surface area contributed by atoms with E-state index in [4.69, 9.17) is 0 Å². The second-order valence-electron chi connectivity index (χ2n) is 9.11. The lowest BCUT2D eigenvalue weighted by Gasteiger charge is -2.32. The summed E-state index contributed by atoms with van der Waals surface area (Å²) in [7, 11) is 0. The molecule has 0 atom stereocenters. The van der Waals surface area contributed by atoms with Crippen LogP contribution in [0.5, 0.6) is 0 Å². The Balaban J connectivity index is 1.05. The Kier molecular flexibility index (Phi) is 7.34. The lowest BCUT2D eigenvalue weighted by Crippen LogP contribution is -2.38. The second kappa shape index (κ2) is 11.0. The van der Waals surface area contributed by atoms with Crippen molar-refractivity contribution in [1.82, 2.24) is 29.6 Å². The highest BCUT2D eigenvalue weighted by atomic mass is 32.1. The minimum atomic E-state index is -0.323. The number of likely N-dealkylation sites (tertiary alicyclic amines) is 1. The van der Waals surface area contributed by atoms with Gasteiger partial charge < -0.3 is 10.2 Å². The predicted octanol–water partition coefficient (Wildman–Crippen LogP) is 3.08. The molecule has 0 unspecified atom stereocenters. The summed E-state index contributed by atoms with van der Waals surface area (Å²) in [6.07, 6.45) is 5.98. The van der Waals surface area contributed by atoms with Crippen LogP contribution in [-0.2, 0) is 17.8 Å². The van der Waals surface area contributed by atoms with Crippen LogP contribution in [0.3, 0.4) is 0 Å². The quantitative estimate of drug-likeness (QED) is 0.365. The van der Waals surface area contributed by atoms with Crippen molar-refractivity contribution in [3.63, 3.8) is 0 Å². The Bertz CT molecular complexity index is 1310. The molecule has 1 amide bonds. The van der Waals surface area contributed by atoms with Gasteiger partial charge in [-0.05, 0) is 74.3 Å². The van der Waals surface area contributed by atoms with E-state index in [0.29, 0.717) is 12.1 Å². The molecular weight excluding hydrogens is 460 g/mol. The van der Waals surface area contributed by atoms with E-state index in [1.54, 1.807) is 17.4 Å². The Morgan fingerprint density at radius 3 is 2.71 bits per heavy atom. The Morgan fingerprint density at radius 1 is 1.11 bits per heavy atom. The smallest absolute Gasteiger partial charge is 0.293 e. The fourth-order valence-electron chi connectivity index (χ4n) is 4.68. The van der Waals surface area contributed by atoms with Crippen LogP contribution in [0.15, 0.2) is 65.0 Å². The monoisotopic (exact) mass is 490 g/mol. The zero-order valence-corrected chi connectivity index (χ0v) is 20.5. The summed E-state index contributed by atoms with van der Waals surface area (Å²) in [5.41, 5.74) is 2.24. The molecule has 0 radical (unpaired) electrons. The van der Waals surface area contributed by atoms with Crippen molar-refractivity contribution < 1.29 is 4.79 Å². The first kappa shape index (κ1) is 23.4. The van der Waals surface area contributed by atoms with Gasteiger partial charge in [0.25, 0.3) is 5.56 Å². The van der Waals surface area contributed by atoms with Crippen LogP contribution < -0.4 is 10.9 Å². The van der Waals surface area contributed by atoms with Crippen LogP contribution in [0, 0.1) is 5.92 Å². The van der Waals surface area contributed by atoms with Crippen LogP contribution >= 0.6 is 11.3 Å². The third-order valence-corrected chi connectivity index (χ3v) is 7.50. The largest absolute Gasteiger partial charge is 0.354 e. The first-order chi connectivity index (χ1) is 17.2. The third-order valence-electron chi connectivity index (χ3n) is 6.60. The number of carbonyl (C=O) groups is 1. The first-order valence-corrected chi connectivity index (χ1v) is 13.1. The number of piperidine rings is 1. The number of hydrogen-bond donors (Lipinski definition) is 1. The predicted molar refractivity (Wildman–Crippen MR) is 137 cm³/mol.